The minimum absolute atomic E-state index is 0.0302. The van der Waals surface area contributed by atoms with Crippen molar-refractivity contribution in [1.82, 2.24) is 10.2 Å². The molecular weight excluding hydrogens is 483 g/mol. The molecule has 0 radical (unpaired) electrons. The lowest BCUT2D eigenvalue weighted by Gasteiger charge is -2.32. The molecular formula is C28H30Cl2N2O3. The van der Waals surface area contributed by atoms with Crippen molar-refractivity contribution in [3.05, 3.63) is 100 Å². The number of hydrogen-bond acceptors (Lipinski definition) is 3. The van der Waals surface area contributed by atoms with Crippen molar-refractivity contribution in [3.63, 3.8) is 0 Å². The highest BCUT2D eigenvalue weighted by Gasteiger charge is 2.31. The van der Waals surface area contributed by atoms with Crippen molar-refractivity contribution in [1.29, 1.82) is 0 Å². The van der Waals surface area contributed by atoms with Gasteiger partial charge in [0, 0.05) is 29.1 Å². The average molecular weight is 513 g/mol. The molecule has 0 spiro atoms. The monoisotopic (exact) mass is 512 g/mol. The van der Waals surface area contributed by atoms with Crippen LogP contribution in [0.1, 0.15) is 31.4 Å². The Hall–Kier alpha value is -3.02. The number of ether oxygens (including phenoxy) is 1. The number of nitrogens with zero attached hydrogens (tertiary/aromatic N) is 1. The Morgan fingerprint density at radius 3 is 2.26 bits per heavy atom. The van der Waals surface area contributed by atoms with Gasteiger partial charge in [0.1, 0.15) is 11.8 Å². The lowest BCUT2D eigenvalue weighted by Crippen LogP contribution is -2.53. The molecule has 0 saturated heterocycles. The van der Waals surface area contributed by atoms with Gasteiger partial charge in [-0.15, -0.1) is 0 Å². The summed E-state index contributed by atoms with van der Waals surface area (Å²) in [5, 5.41) is 3.97. The zero-order valence-corrected chi connectivity index (χ0v) is 21.4. The molecule has 3 rings (SSSR count). The van der Waals surface area contributed by atoms with Gasteiger partial charge in [0.2, 0.25) is 5.91 Å². The third kappa shape index (κ3) is 8.01. The molecule has 0 heterocycles. The summed E-state index contributed by atoms with van der Waals surface area (Å²) in [6, 6.07) is 23.1. The first-order valence-corrected chi connectivity index (χ1v) is 12.4. The molecule has 2 atom stereocenters. The number of halogens is 2. The second-order valence-corrected chi connectivity index (χ2v) is 9.23. The summed E-state index contributed by atoms with van der Waals surface area (Å²) < 4.78 is 5.74. The Morgan fingerprint density at radius 2 is 1.63 bits per heavy atom. The fourth-order valence-electron chi connectivity index (χ4n) is 3.57. The molecule has 2 amide bonds. The normalized spacial score (nSPS) is 12.5. The molecule has 1 N–H and O–H groups in total. The molecule has 5 nitrogen and oxygen atoms in total. The Labute approximate surface area is 217 Å². The molecule has 0 unspecified atom stereocenters. The van der Waals surface area contributed by atoms with Gasteiger partial charge in [-0.05, 0) is 48.7 Å². The van der Waals surface area contributed by atoms with Crippen LogP contribution in [0.2, 0.25) is 10.0 Å². The maximum atomic E-state index is 13.5. The van der Waals surface area contributed by atoms with Crippen LogP contribution in [0.15, 0.2) is 78.9 Å². The number of amides is 2. The Morgan fingerprint density at radius 1 is 0.971 bits per heavy atom. The number of para-hydroxylation sites is 1. The van der Waals surface area contributed by atoms with Gasteiger partial charge in [-0.2, -0.15) is 0 Å². The van der Waals surface area contributed by atoms with E-state index in [-0.39, 0.29) is 31.0 Å². The zero-order valence-electron chi connectivity index (χ0n) is 19.9. The molecule has 0 bridgehead atoms. The van der Waals surface area contributed by atoms with Gasteiger partial charge in [-0.1, -0.05) is 84.7 Å². The molecule has 0 aliphatic rings. The van der Waals surface area contributed by atoms with Crippen molar-refractivity contribution >= 4 is 35.0 Å². The number of rotatable bonds is 11. The molecule has 0 saturated carbocycles. The minimum atomic E-state index is -0.759. The Kier molecular flexibility index (Phi) is 10.0. The van der Waals surface area contributed by atoms with E-state index in [0.717, 1.165) is 12.0 Å². The summed E-state index contributed by atoms with van der Waals surface area (Å²) in [5.41, 5.74) is 1.64. The fraction of sp³-hybridized carbons (Fsp3) is 0.286. The van der Waals surface area contributed by atoms with E-state index in [1.807, 2.05) is 62.4 Å². The van der Waals surface area contributed by atoms with E-state index in [2.05, 4.69) is 5.32 Å². The molecule has 3 aromatic rings. The molecule has 35 heavy (non-hydrogen) atoms. The van der Waals surface area contributed by atoms with Crippen LogP contribution in [-0.2, 0) is 22.6 Å². The average Bonchev–Trinajstić information content (AvgIpc) is 2.87. The highest BCUT2D eigenvalue weighted by atomic mass is 35.5. The maximum Gasteiger partial charge on any atom is 0.261 e. The maximum absolute atomic E-state index is 13.5. The number of nitrogens with one attached hydrogen (secondary N) is 1. The Balaban J connectivity index is 1.94. The van der Waals surface area contributed by atoms with E-state index in [1.54, 1.807) is 35.2 Å². The summed E-state index contributed by atoms with van der Waals surface area (Å²) in [7, 11) is 0. The van der Waals surface area contributed by atoms with Crippen LogP contribution in [-0.4, -0.2) is 35.4 Å². The van der Waals surface area contributed by atoms with Gasteiger partial charge in [0.25, 0.3) is 5.91 Å². The van der Waals surface area contributed by atoms with Crippen molar-refractivity contribution in [3.8, 4) is 5.75 Å². The SMILES string of the molecule is CC[C@H](C)NC(=O)[C@H](Cc1ccccc1)N(Cc1ccc(Cl)cc1Cl)C(=O)COc1ccccc1. The summed E-state index contributed by atoms with van der Waals surface area (Å²) in [6.45, 7) is 3.87. The first kappa shape index (κ1) is 26.6. The number of hydrogen-bond donors (Lipinski definition) is 1. The van der Waals surface area contributed by atoms with Gasteiger partial charge in [0.05, 0.1) is 0 Å². The third-order valence-electron chi connectivity index (χ3n) is 5.73. The van der Waals surface area contributed by atoms with Crippen LogP contribution in [0.4, 0.5) is 0 Å². The Bertz CT molecular complexity index is 1110. The van der Waals surface area contributed by atoms with Crippen LogP contribution in [0.5, 0.6) is 5.75 Å². The number of carbonyl (C=O) groups is 2. The largest absolute Gasteiger partial charge is 0.484 e. The van der Waals surface area contributed by atoms with Crippen LogP contribution in [0.25, 0.3) is 0 Å². The lowest BCUT2D eigenvalue weighted by molar-refractivity contribution is -0.143. The first-order valence-electron chi connectivity index (χ1n) is 11.6. The van der Waals surface area contributed by atoms with E-state index in [1.165, 1.54) is 0 Å². The zero-order chi connectivity index (χ0) is 25.2. The molecule has 0 aliphatic carbocycles. The second-order valence-electron chi connectivity index (χ2n) is 8.38. The van der Waals surface area contributed by atoms with Crippen LogP contribution >= 0.6 is 23.2 Å². The summed E-state index contributed by atoms with van der Waals surface area (Å²) in [5.74, 6) is 0.0374. The molecule has 184 valence electrons. The van der Waals surface area contributed by atoms with E-state index in [9.17, 15) is 9.59 Å². The second kappa shape index (κ2) is 13.2. The van der Waals surface area contributed by atoms with Crippen molar-refractivity contribution in [2.75, 3.05) is 6.61 Å². The predicted molar refractivity (Wildman–Crippen MR) is 141 cm³/mol. The highest BCUT2D eigenvalue weighted by Crippen LogP contribution is 2.24. The third-order valence-corrected chi connectivity index (χ3v) is 6.32. The molecule has 0 aliphatic heterocycles. The predicted octanol–water partition coefficient (Wildman–Crippen LogP) is 5.93. The quantitative estimate of drug-likeness (QED) is 0.346. The van der Waals surface area contributed by atoms with E-state index in [0.29, 0.717) is 27.8 Å². The van der Waals surface area contributed by atoms with Gasteiger partial charge >= 0.3 is 0 Å². The van der Waals surface area contributed by atoms with E-state index >= 15 is 0 Å². The molecule has 0 aromatic heterocycles. The van der Waals surface area contributed by atoms with Crippen LogP contribution < -0.4 is 10.1 Å². The first-order chi connectivity index (χ1) is 16.9. The molecule has 7 heteroatoms. The van der Waals surface area contributed by atoms with Gasteiger partial charge < -0.3 is 15.0 Å². The summed E-state index contributed by atoms with van der Waals surface area (Å²) >= 11 is 12.5. The van der Waals surface area contributed by atoms with E-state index < -0.39 is 6.04 Å². The lowest BCUT2D eigenvalue weighted by atomic mass is 10.0. The van der Waals surface area contributed by atoms with Crippen molar-refractivity contribution in [2.24, 2.45) is 0 Å². The standard InChI is InChI=1S/C28H30Cl2N2O3/c1-3-20(2)31-28(34)26(16-21-10-6-4-7-11-21)32(18-22-14-15-23(29)17-25(22)30)27(33)19-35-24-12-8-5-9-13-24/h4-15,17,20,26H,3,16,18-19H2,1-2H3,(H,31,34)/t20-,26-/m0/s1. The summed E-state index contributed by atoms with van der Waals surface area (Å²) in [6.07, 6.45) is 1.13. The number of carbonyl (C=O) groups excluding carboxylic acids is 2. The van der Waals surface area contributed by atoms with Gasteiger partial charge in [-0.3, -0.25) is 9.59 Å². The highest BCUT2D eigenvalue weighted by molar-refractivity contribution is 6.35. The van der Waals surface area contributed by atoms with Crippen molar-refractivity contribution in [2.45, 2.75) is 45.3 Å². The smallest absolute Gasteiger partial charge is 0.261 e. The van der Waals surface area contributed by atoms with Gasteiger partial charge in [-0.25, -0.2) is 0 Å². The molecule has 0 fully saturated rings. The molecule has 3 aromatic carbocycles. The van der Waals surface area contributed by atoms with E-state index in [4.69, 9.17) is 27.9 Å². The van der Waals surface area contributed by atoms with Gasteiger partial charge in [0.15, 0.2) is 6.61 Å². The number of benzene rings is 3. The van der Waals surface area contributed by atoms with Crippen LogP contribution in [0.3, 0.4) is 0 Å². The minimum Gasteiger partial charge on any atom is -0.484 e. The topological polar surface area (TPSA) is 58.6 Å². The van der Waals surface area contributed by atoms with Crippen molar-refractivity contribution < 1.29 is 14.3 Å². The fourth-order valence-corrected chi connectivity index (χ4v) is 4.04. The summed E-state index contributed by atoms with van der Waals surface area (Å²) in [4.78, 5) is 28.6. The van der Waals surface area contributed by atoms with Crippen LogP contribution in [0, 0.1) is 0 Å².